The molecule has 0 aliphatic carbocycles. The van der Waals surface area contributed by atoms with Gasteiger partial charge in [0, 0.05) is 29.0 Å². The molecule has 2 amide bonds. The number of carboxylic acids is 1. The number of rotatable bonds is 7. The number of primary amides is 1. The van der Waals surface area contributed by atoms with E-state index in [1.54, 1.807) is 18.2 Å². The summed E-state index contributed by atoms with van der Waals surface area (Å²) >= 11 is 0. The summed E-state index contributed by atoms with van der Waals surface area (Å²) in [5, 5.41) is 13.5. The molecular weight excluding hydrogens is 513 g/mol. The van der Waals surface area contributed by atoms with Crippen molar-refractivity contribution in [2.75, 3.05) is 24.2 Å². The molecule has 3 aromatic rings. The largest absolute Gasteiger partial charge is 0.490 e. The third-order valence-corrected chi connectivity index (χ3v) is 5.79. The average Bonchev–Trinajstić information content (AvgIpc) is 3.22. The highest BCUT2D eigenvalue weighted by atomic mass is 19.4. The monoisotopic (exact) mass is 540 g/mol. The number of hydrogen-bond acceptors (Lipinski definition) is 5. The van der Waals surface area contributed by atoms with Crippen molar-refractivity contribution >= 4 is 40.4 Å². The average molecular weight is 541 g/mol. The molecule has 11 heteroatoms. The van der Waals surface area contributed by atoms with Crippen LogP contribution in [0.2, 0.25) is 0 Å². The number of nitrogens with zero attached hydrogens (tertiary/aromatic N) is 1. The maximum absolute atomic E-state index is 13.0. The van der Waals surface area contributed by atoms with Gasteiger partial charge in [-0.05, 0) is 49.0 Å². The number of nitrogens with two attached hydrogens (primary N) is 1. The number of aliphatic carboxylic acids is 1. The number of nitrogens with one attached hydrogen (secondary N) is 2. The molecular formula is C28H27F3N4O4. The van der Waals surface area contributed by atoms with Gasteiger partial charge in [-0.2, -0.15) is 13.2 Å². The van der Waals surface area contributed by atoms with Gasteiger partial charge in [0.05, 0.1) is 11.3 Å². The molecule has 0 bridgehead atoms. The number of carbonyl (C=O) groups is 3. The number of amides is 2. The van der Waals surface area contributed by atoms with Gasteiger partial charge < -0.3 is 26.4 Å². The van der Waals surface area contributed by atoms with Gasteiger partial charge in [0.1, 0.15) is 0 Å². The van der Waals surface area contributed by atoms with Crippen molar-refractivity contribution in [3.63, 3.8) is 0 Å². The zero-order chi connectivity index (χ0) is 28.7. The Kier molecular flexibility index (Phi) is 9.10. The Morgan fingerprint density at radius 2 is 1.67 bits per heavy atom. The highest BCUT2D eigenvalue weighted by Crippen LogP contribution is 2.38. The van der Waals surface area contributed by atoms with Crippen LogP contribution < -0.4 is 16.4 Å². The summed E-state index contributed by atoms with van der Waals surface area (Å²) in [6.45, 7) is 3.92. The first-order chi connectivity index (χ1) is 18.4. The number of hydrogen-bond donors (Lipinski definition) is 4. The summed E-state index contributed by atoms with van der Waals surface area (Å²) in [6.07, 6.45) is -5.08. The van der Waals surface area contributed by atoms with Crippen LogP contribution in [0, 0.1) is 0 Å². The summed E-state index contributed by atoms with van der Waals surface area (Å²) in [5.74, 6) is -3.52. The van der Waals surface area contributed by atoms with Gasteiger partial charge in [0.2, 0.25) is 5.91 Å². The number of halogens is 3. The molecule has 4 rings (SSSR count). The van der Waals surface area contributed by atoms with E-state index in [-0.39, 0.29) is 5.91 Å². The van der Waals surface area contributed by atoms with E-state index in [1.165, 1.54) is 5.56 Å². The third-order valence-electron chi connectivity index (χ3n) is 5.79. The third kappa shape index (κ3) is 7.45. The second-order valence-electron chi connectivity index (χ2n) is 8.65. The Hall–Kier alpha value is -4.64. The second-order valence-corrected chi connectivity index (χ2v) is 8.65. The van der Waals surface area contributed by atoms with Gasteiger partial charge in [0.15, 0.2) is 0 Å². The number of fused-ring (bicyclic) bond motifs is 1. The summed E-state index contributed by atoms with van der Waals surface area (Å²) in [7, 11) is 2.08. The molecule has 1 aliphatic rings. The standard InChI is InChI=1S/C26H26N4O2.C2HF3O2/c1-3-30(2)16-17-8-7-11-20(14-17)28-24(18-9-5-4-6-10-18)23-21-13-12-19(25(27)31)15-22(21)29-26(23)32;3-2(4,5)1(6)7/h4-15,28H,3,16H2,1-2H3,(H2,27,31)(H,29,32);(H,6,7). The molecule has 0 unspecified atom stereocenters. The lowest BCUT2D eigenvalue weighted by Gasteiger charge is -2.17. The van der Waals surface area contributed by atoms with E-state index in [4.69, 9.17) is 15.6 Å². The number of carbonyl (C=O) groups excluding carboxylic acids is 2. The maximum Gasteiger partial charge on any atom is 0.490 e. The van der Waals surface area contributed by atoms with Crippen LogP contribution in [-0.2, 0) is 16.1 Å². The predicted molar refractivity (Wildman–Crippen MR) is 143 cm³/mol. The van der Waals surface area contributed by atoms with Crippen LogP contribution in [0.5, 0.6) is 0 Å². The molecule has 39 heavy (non-hydrogen) atoms. The van der Waals surface area contributed by atoms with Gasteiger partial charge in [-0.1, -0.05) is 55.5 Å². The molecule has 5 N–H and O–H groups in total. The molecule has 0 saturated carbocycles. The fraction of sp³-hybridized carbons (Fsp3) is 0.179. The fourth-order valence-corrected chi connectivity index (χ4v) is 3.77. The first-order valence-corrected chi connectivity index (χ1v) is 11.8. The summed E-state index contributed by atoms with van der Waals surface area (Å²) in [6, 6.07) is 23.0. The Labute approximate surface area is 222 Å². The highest BCUT2D eigenvalue weighted by molar-refractivity contribution is 6.37. The number of alkyl halides is 3. The Bertz CT molecular complexity index is 1410. The summed E-state index contributed by atoms with van der Waals surface area (Å²) in [5.41, 5.74) is 11.3. The van der Waals surface area contributed by atoms with Crippen molar-refractivity contribution in [2.24, 2.45) is 5.73 Å². The normalized spacial score (nSPS) is 13.6. The van der Waals surface area contributed by atoms with Crippen molar-refractivity contribution in [1.29, 1.82) is 0 Å². The van der Waals surface area contributed by atoms with E-state index >= 15 is 0 Å². The molecule has 8 nitrogen and oxygen atoms in total. The molecule has 0 radical (unpaired) electrons. The highest BCUT2D eigenvalue weighted by Gasteiger charge is 2.38. The summed E-state index contributed by atoms with van der Waals surface area (Å²) < 4.78 is 31.7. The van der Waals surface area contributed by atoms with Crippen LogP contribution in [0.4, 0.5) is 24.5 Å². The molecule has 3 aromatic carbocycles. The van der Waals surface area contributed by atoms with Crippen molar-refractivity contribution in [3.05, 3.63) is 95.1 Å². The predicted octanol–water partition coefficient (Wildman–Crippen LogP) is 4.80. The quantitative estimate of drug-likeness (QED) is 0.319. The van der Waals surface area contributed by atoms with Gasteiger partial charge in [-0.25, -0.2) is 4.79 Å². The Balaban J connectivity index is 0.000000532. The van der Waals surface area contributed by atoms with Crippen molar-refractivity contribution in [1.82, 2.24) is 4.90 Å². The van der Waals surface area contributed by atoms with Crippen LogP contribution in [0.25, 0.3) is 11.3 Å². The van der Waals surface area contributed by atoms with Crippen LogP contribution in [-0.4, -0.2) is 47.6 Å². The molecule has 204 valence electrons. The van der Waals surface area contributed by atoms with E-state index in [9.17, 15) is 22.8 Å². The van der Waals surface area contributed by atoms with Crippen LogP contribution in [0.3, 0.4) is 0 Å². The van der Waals surface area contributed by atoms with Crippen molar-refractivity contribution in [3.8, 4) is 0 Å². The lowest BCUT2D eigenvalue weighted by atomic mass is 9.99. The van der Waals surface area contributed by atoms with E-state index in [2.05, 4.69) is 41.6 Å². The van der Waals surface area contributed by atoms with Gasteiger partial charge >= 0.3 is 12.1 Å². The van der Waals surface area contributed by atoms with E-state index in [0.29, 0.717) is 22.5 Å². The molecule has 0 saturated heterocycles. The Morgan fingerprint density at radius 1 is 1.00 bits per heavy atom. The SMILES string of the molecule is CCN(C)Cc1cccc(NC(=C2C(=O)Nc3cc(C(N)=O)ccc32)c2ccccc2)c1.O=C(O)C(F)(F)F. The van der Waals surface area contributed by atoms with Crippen molar-refractivity contribution in [2.45, 2.75) is 19.6 Å². The minimum atomic E-state index is -5.08. The Morgan fingerprint density at radius 3 is 2.26 bits per heavy atom. The first kappa shape index (κ1) is 28.9. The lowest BCUT2D eigenvalue weighted by Crippen LogP contribution is -2.21. The number of anilines is 2. The van der Waals surface area contributed by atoms with Crippen molar-refractivity contribution < 1.29 is 32.7 Å². The lowest BCUT2D eigenvalue weighted by molar-refractivity contribution is -0.192. The molecule has 1 aliphatic heterocycles. The molecule has 0 fully saturated rings. The molecule has 1 heterocycles. The number of benzene rings is 3. The molecule has 0 spiro atoms. The van der Waals surface area contributed by atoms with Gasteiger partial charge in [0.25, 0.3) is 5.91 Å². The van der Waals surface area contributed by atoms with Crippen LogP contribution >= 0.6 is 0 Å². The second kappa shape index (κ2) is 12.3. The minimum Gasteiger partial charge on any atom is -0.475 e. The minimum absolute atomic E-state index is 0.227. The molecule has 0 aromatic heterocycles. The molecule has 0 atom stereocenters. The zero-order valence-corrected chi connectivity index (χ0v) is 21.2. The summed E-state index contributed by atoms with van der Waals surface area (Å²) in [4.78, 5) is 35.7. The number of carboxylic acid groups (broad SMARTS) is 1. The van der Waals surface area contributed by atoms with Gasteiger partial charge in [-0.3, -0.25) is 9.59 Å². The van der Waals surface area contributed by atoms with E-state index in [0.717, 1.165) is 29.9 Å². The van der Waals surface area contributed by atoms with Crippen LogP contribution in [0.15, 0.2) is 72.8 Å². The van der Waals surface area contributed by atoms with Crippen LogP contribution in [0.1, 0.15) is 34.0 Å². The maximum atomic E-state index is 13.0. The fourth-order valence-electron chi connectivity index (χ4n) is 3.77. The topological polar surface area (TPSA) is 125 Å². The first-order valence-electron chi connectivity index (χ1n) is 11.8. The van der Waals surface area contributed by atoms with E-state index in [1.807, 2.05) is 42.5 Å². The van der Waals surface area contributed by atoms with E-state index < -0.39 is 18.1 Å². The van der Waals surface area contributed by atoms with Gasteiger partial charge in [-0.15, -0.1) is 0 Å². The zero-order valence-electron chi connectivity index (χ0n) is 21.2. The smallest absolute Gasteiger partial charge is 0.475 e.